The quantitative estimate of drug-likeness (QED) is 0.0751. The van der Waals surface area contributed by atoms with Gasteiger partial charge in [-0.2, -0.15) is 5.26 Å². The summed E-state index contributed by atoms with van der Waals surface area (Å²) in [5, 5.41) is 14.8. The Morgan fingerprint density at radius 1 is 1.05 bits per heavy atom. The van der Waals surface area contributed by atoms with Crippen LogP contribution in [0.2, 0.25) is 0 Å². The molecule has 1 aliphatic rings. The van der Waals surface area contributed by atoms with Gasteiger partial charge in [-0.1, -0.05) is 77.2 Å². The monoisotopic (exact) mass is 685 g/mol. The van der Waals surface area contributed by atoms with E-state index in [-0.39, 0.29) is 28.2 Å². The third-order valence-electron chi connectivity index (χ3n) is 7.34. The SMILES string of the molecule is COc1ccccc1C(=O)NCC1(c2ccccc2)CCC(N=C(NC#N)NS(=O)(=O)c2ccc(CI)cc2)CC1. The number of carbonyl (C=O) groups is 1. The second-order valence-electron chi connectivity index (χ2n) is 9.86. The van der Waals surface area contributed by atoms with Crippen molar-refractivity contribution in [1.29, 1.82) is 5.26 Å². The minimum atomic E-state index is -3.93. The van der Waals surface area contributed by atoms with Crippen molar-refractivity contribution in [3.63, 3.8) is 0 Å². The van der Waals surface area contributed by atoms with E-state index in [0.29, 0.717) is 43.5 Å². The maximum atomic E-state index is 13.1. The molecule has 4 rings (SSSR count). The van der Waals surface area contributed by atoms with Crippen molar-refractivity contribution in [2.75, 3.05) is 13.7 Å². The number of hydrogen-bond acceptors (Lipinski definition) is 6. The van der Waals surface area contributed by atoms with Crippen molar-refractivity contribution in [3.05, 3.63) is 95.6 Å². The first-order valence-corrected chi connectivity index (χ1v) is 16.2. The van der Waals surface area contributed by atoms with E-state index < -0.39 is 10.0 Å². The normalized spacial score (nSPS) is 19.0. The highest BCUT2D eigenvalue weighted by Gasteiger charge is 2.37. The predicted octanol–water partition coefficient (Wildman–Crippen LogP) is 4.65. The molecule has 0 saturated heterocycles. The summed E-state index contributed by atoms with van der Waals surface area (Å²) in [6.45, 7) is 0.424. The van der Waals surface area contributed by atoms with Crippen LogP contribution in [0.25, 0.3) is 0 Å². The number of sulfonamides is 1. The lowest BCUT2D eigenvalue weighted by Gasteiger charge is -2.40. The molecule has 0 aliphatic heterocycles. The van der Waals surface area contributed by atoms with Gasteiger partial charge < -0.3 is 10.1 Å². The first-order chi connectivity index (χ1) is 19.8. The Labute approximate surface area is 254 Å². The molecule has 0 spiro atoms. The molecule has 1 amide bonds. The van der Waals surface area contributed by atoms with Gasteiger partial charge in [0.1, 0.15) is 5.75 Å². The number of carbonyl (C=O) groups excluding carboxylic acids is 1. The Balaban J connectivity index is 1.49. The van der Waals surface area contributed by atoms with Crippen molar-refractivity contribution in [2.45, 2.75) is 46.5 Å². The molecule has 3 N–H and O–H groups in total. The zero-order chi connectivity index (χ0) is 29.3. The van der Waals surface area contributed by atoms with Gasteiger partial charge >= 0.3 is 0 Å². The second kappa shape index (κ2) is 13.8. The predicted molar refractivity (Wildman–Crippen MR) is 166 cm³/mol. The number of nitrogens with zero attached hydrogens (tertiary/aromatic N) is 2. The van der Waals surface area contributed by atoms with Crippen LogP contribution in [0.3, 0.4) is 0 Å². The molecule has 0 heterocycles. The largest absolute Gasteiger partial charge is 0.496 e. The Morgan fingerprint density at radius 3 is 2.34 bits per heavy atom. The van der Waals surface area contributed by atoms with E-state index in [9.17, 15) is 18.5 Å². The van der Waals surface area contributed by atoms with Crippen LogP contribution in [0, 0.1) is 11.5 Å². The first kappa shape index (κ1) is 30.3. The summed E-state index contributed by atoms with van der Waals surface area (Å²) < 4.78 is 34.5. The van der Waals surface area contributed by atoms with Crippen LogP contribution in [0.1, 0.15) is 47.2 Å². The number of aliphatic imine (C=N–C) groups is 1. The number of hydrogen-bond donors (Lipinski definition) is 3. The molecule has 1 saturated carbocycles. The summed E-state index contributed by atoms with van der Waals surface area (Å²) in [5.41, 5.74) is 2.28. The Morgan fingerprint density at radius 2 is 1.71 bits per heavy atom. The van der Waals surface area contributed by atoms with Gasteiger partial charge in [0, 0.05) is 16.4 Å². The van der Waals surface area contributed by atoms with Crippen LogP contribution in [0.4, 0.5) is 0 Å². The zero-order valence-corrected chi connectivity index (χ0v) is 25.6. The van der Waals surface area contributed by atoms with E-state index in [1.807, 2.05) is 24.3 Å². The number of guanidine groups is 1. The number of benzene rings is 3. The van der Waals surface area contributed by atoms with Gasteiger partial charge in [0.05, 0.1) is 23.6 Å². The number of methoxy groups -OCH3 is 1. The Hall–Kier alpha value is -3.63. The minimum absolute atomic E-state index is 0.0936. The summed E-state index contributed by atoms with van der Waals surface area (Å²) in [7, 11) is -2.39. The van der Waals surface area contributed by atoms with Gasteiger partial charge in [0.15, 0.2) is 6.19 Å². The zero-order valence-electron chi connectivity index (χ0n) is 22.6. The molecule has 1 fully saturated rings. The fraction of sp³-hybridized carbons (Fsp3) is 0.300. The van der Waals surface area contributed by atoms with Gasteiger partial charge in [-0.15, -0.1) is 0 Å². The standard InChI is InChI=1S/C30H32IN5O4S/c1-40-27-10-6-5-9-26(27)28(37)33-20-30(23-7-3-2-4-8-23)17-15-24(16-18-30)35-29(34-21-32)36-41(38,39)25-13-11-22(19-31)12-14-25/h2-14,24H,15-20H2,1H3,(H,33,37)(H2,34,35,36). The highest BCUT2D eigenvalue weighted by Crippen LogP contribution is 2.40. The lowest BCUT2D eigenvalue weighted by Crippen LogP contribution is -2.45. The molecular formula is C30H32IN5O4S. The van der Waals surface area contributed by atoms with Crippen LogP contribution in [-0.4, -0.2) is 40.0 Å². The van der Waals surface area contributed by atoms with E-state index in [0.717, 1.165) is 15.6 Å². The lowest BCUT2D eigenvalue weighted by atomic mass is 9.68. The molecule has 41 heavy (non-hydrogen) atoms. The number of amides is 1. The fourth-order valence-electron chi connectivity index (χ4n) is 5.08. The van der Waals surface area contributed by atoms with Crippen LogP contribution >= 0.6 is 22.6 Å². The molecule has 3 aromatic rings. The van der Waals surface area contributed by atoms with E-state index >= 15 is 0 Å². The number of nitriles is 1. The molecule has 0 aromatic heterocycles. The number of para-hydroxylation sites is 1. The molecular weight excluding hydrogens is 653 g/mol. The van der Waals surface area contributed by atoms with E-state index in [2.05, 4.69) is 55.1 Å². The van der Waals surface area contributed by atoms with E-state index in [1.54, 1.807) is 36.5 Å². The summed E-state index contributed by atoms with van der Waals surface area (Å²) in [6, 6.07) is 23.6. The summed E-state index contributed by atoms with van der Waals surface area (Å²) in [4.78, 5) is 17.8. The molecule has 9 nitrogen and oxygen atoms in total. The number of rotatable bonds is 9. The minimum Gasteiger partial charge on any atom is -0.496 e. The van der Waals surface area contributed by atoms with Crippen LogP contribution < -0.4 is 20.1 Å². The molecule has 0 atom stereocenters. The third-order valence-corrected chi connectivity index (χ3v) is 9.58. The van der Waals surface area contributed by atoms with Crippen molar-refractivity contribution in [3.8, 4) is 11.9 Å². The Bertz CT molecular complexity index is 1510. The van der Waals surface area contributed by atoms with Crippen molar-refractivity contribution in [1.82, 2.24) is 15.4 Å². The number of ether oxygens (including phenoxy) is 1. The molecule has 0 unspecified atom stereocenters. The average molecular weight is 686 g/mol. The molecule has 11 heteroatoms. The molecule has 3 aromatic carbocycles. The van der Waals surface area contributed by atoms with Gasteiger partial charge in [0.2, 0.25) is 5.96 Å². The van der Waals surface area contributed by atoms with Crippen molar-refractivity contribution in [2.24, 2.45) is 4.99 Å². The highest BCUT2D eigenvalue weighted by atomic mass is 127. The van der Waals surface area contributed by atoms with E-state index in [1.165, 1.54) is 19.2 Å². The Kier molecular flexibility index (Phi) is 10.2. The summed E-state index contributed by atoms with van der Waals surface area (Å²) in [5.74, 6) is 0.198. The third kappa shape index (κ3) is 7.56. The number of halogens is 1. The first-order valence-electron chi connectivity index (χ1n) is 13.2. The molecule has 0 bridgehead atoms. The smallest absolute Gasteiger partial charge is 0.264 e. The van der Waals surface area contributed by atoms with Crippen LogP contribution in [-0.2, 0) is 19.9 Å². The van der Waals surface area contributed by atoms with Gasteiger partial charge in [0.25, 0.3) is 15.9 Å². The molecule has 1 aliphatic carbocycles. The van der Waals surface area contributed by atoms with Gasteiger partial charge in [-0.3, -0.25) is 10.1 Å². The summed E-state index contributed by atoms with van der Waals surface area (Å²) >= 11 is 2.21. The lowest BCUT2D eigenvalue weighted by molar-refractivity contribution is 0.0932. The summed E-state index contributed by atoms with van der Waals surface area (Å²) in [6.07, 6.45) is 4.49. The van der Waals surface area contributed by atoms with Crippen molar-refractivity contribution >= 4 is 44.5 Å². The van der Waals surface area contributed by atoms with Gasteiger partial charge in [-0.25, -0.2) is 18.1 Å². The van der Waals surface area contributed by atoms with E-state index in [4.69, 9.17) is 4.74 Å². The second-order valence-corrected chi connectivity index (χ2v) is 12.3. The topological polar surface area (TPSA) is 133 Å². The maximum Gasteiger partial charge on any atom is 0.264 e. The number of nitrogens with one attached hydrogen (secondary N) is 3. The average Bonchev–Trinajstić information content (AvgIpc) is 3.01. The molecule has 214 valence electrons. The number of alkyl halides is 1. The van der Waals surface area contributed by atoms with Crippen LogP contribution in [0.15, 0.2) is 88.8 Å². The molecule has 0 radical (unpaired) electrons. The van der Waals surface area contributed by atoms with Gasteiger partial charge in [-0.05, 0) is 61.1 Å². The highest BCUT2D eigenvalue weighted by molar-refractivity contribution is 14.1. The van der Waals surface area contributed by atoms with Crippen LogP contribution in [0.5, 0.6) is 5.75 Å². The van der Waals surface area contributed by atoms with Crippen molar-refractivity contribution < 1.29 is 17.9 Å². The maximum absolute atomic E-state index is 13.1. The fourth-order valence-corrected chi connectivity index (χ4v) is 6.56.